The van der Waals surface area contributed by atoms with Gasteiger partial charge in [-0.05, 0) is 24.6 Å². The predicted molar refractivity (Wildman–Crippen MR) is 77.9 cm³/mol. The highest BCUT2D eigenvalue weighted by atomic mass is 79.9. The molecule has 0 saturated carbocycles. The molecule has 0 radical (unpaired) electrons. The van der Waals surface area contributed by atoms with E-state index in [2.05, 4.69) is 35.1 Å². The van der Waals surface area contributed by atoms with Gasteiger partial charge in [0.2, 0.25) is 5.91 Å². The third-order valence-corrected chi connectivity index (χ3v) is 3.65. The first-order valence-corrected chi connectivity index (χ1v) is 7.09. The zero-order valence-electron chi connectivity index (χ0n) is 11.0. The van der Waals surface area contributed by atoms with Gasteiger partial charge in [0, 0.05) is 35.2 Å². The van der Waals surface area contributed by atoms with Crippen molar-refractivity contribution in [1.29, 1.82) is 0 Å². The fourth-order valence-electron chi connectivity index (χ4n) is 2.40. The van der Waals surface area contributed by atoms with Gasteiger partial charge in [0.1, 0.15) is 0 Å². The lowest BCUT2D eigenvalue weighted by Gasteiger charge is -2.20. The number of nitrogens with one attached hydrogen (secondary N) is 1. The smallest absolute Gasteiger partial charge is 0.228 e. The quantitative estimate of drug-likeness (QED) is 0.931. The van der Waals surface area contributed by atoms with Crippen molar-refractivity contribution in [2.45, 2.75) is 39.3 Å². The van der Waals surface area contributed by atoms with Crippen molar-refractivity contribution in [1.82, 2.24) is 5.32 Å². The number of rotatable bonds is 3. The van der Waals surface area contributed by atoms with E-state index in [0.29, 0.717) is 12.5 Å². The van der Waals surface area contributed by atoms with Gasteiger partial charge in [-0.15, -0.1) is 0 Å². The molecule has 1 aromatic rings. The van der Waals surface area contributed by atoms with E-state index in [0.717, 1.165) is 22.3 Å². The Kier molecular flexibility index (Phi) is 4.07. The number of carbonyl (C=O) groups excluding carboxylic acids is 1. The molecule has 1 atom stereocenters. The minimum atomic E-state index is 0.203. The molecule has 0 aromatic heterocycles. The van der Waals surface area contributed by atoms with Gasteiger partial charge in [0.15, 0.2) is 0 Å². The summed E-state index contributed by atoms with van der Waals surface area (Å²) in [5.41, 5.74) is 2.15. The second kappa shape index (κ2) is 5.41. The molecule has 98 valence electrons. The van der Waals surface area contributed by atoms with Crippen molar-refractivity contribution in [3.63, 3.8) is 0 Å². The Hall–Kier alpha value is -0.870. The molecule has 1 unspecified atom stereocenters. The van der Waals surface area contributed by atoms with Crippen LogP contribution < -0.4 is 10.2 Å². The molecule has 1 aliphatic rings. The number of anilines is 1. The van der Waals surface area contributed by atoms with E-state index in [1.54, 1.807) is 0 Å². The summed E-state index contributed by atoms with van der Waals surface area (Å²) < 4.78 is 1.01. The first-order valence-electron chi connectivity index (χ1n) is 6.30. The molecule has 0 aliphatic carbocycles. The summed E-state index contributed by atoms with van der Waals surface area (Å²) in [6, 6.07) is 6.73. The first-order chi connectivity index (χ1) is 8.47. The van der Waals surface area contributed by atoms with Crippen LogP contribution in [0, 0.1) is 6.92 Å². The van der Waals surface area contributed by atoms with Gasteiger partial charge in [0.05, 0.1) is 0 Å². The van der Waals surface area contributed by atoms with Crippen LogP contribution in [0.25, 0.3) is 0 Å². The van der Waals surface area contributed by atoms with Gasteiger partial charge in [-0.1, -0.05) is 35.8 Å². The Morgan fingerprint density at radius 3 is 2.83 bits per heavy atom. The molecule has 0 bridgehead atoms. The van der Waals surface area contributed by atoms with E-state index in [1.165, 1.54) is 0 Å². The van der Waals surface area contributed by atoms with Crippen LogP contribution >= 0.6 is 15.9 Å². The number of hydrogen-bond acceptors (Lipinski definition) is 2. The fraction of sp³-hybridized carbons (Fsp3) is 0.500. The minimum absolute atomic E-state index is 0.203. The number of carbonyl (C=O) groups is 1. The van der Waals surface area contributed by atoms with Crippen molar-refractivity contribution in [3.05, 3.63) is 28.2 Å². The average Bonchev–Trinajstić information content (AvgIpc) is 2.62. The summed E-state index contributed by atoms with van der Waals surface area (Å²) in [7, 11) is 0. The van der Waals surface area contributed by atoms with E-state index in [-0.39, 0.29) is 11.9 Å². The average molecular weight is 311 g/mol. The maximum Gasteiger partial charge on any atom is 0.228 e. The molecule has 1 aliphatic heterocycles. The maximum atomic E-state index is 12.1. The lowest BCUT2D eigenvalue weighted by molar-refractivity contribution is -0.117. The minimum Gasteiger partial charge on any atom is -0.310 e. The van der Waals surface area contributed by atoms with Gasteiger partial charge >= 0.3 is 0 Å². The summed E-state index contributed by atoms with van der Waals surface area (Å²) >= 11 is 3.47. The zero-order chi connectivity index (χ0) is 13.3. The SMILES string of the molecule is Cc1ccc(Br)cc1N1CC(NC(C)C)CC1=O. The van der Waals surface area contributed by atoms with Crippen LogP contribution in [0.2, 0.25) is 0 Å². The topological polar surface area (TPSA) is 32.3 Å². The zero-order valence-corrected chi connectivity index (χ0v) is 12.6. The van der Waals surface area contributed by atoms with Gasteiger partial charge in [-0.25, -0.2) is 0 Å². The van der Waals surface area contributed by atoms with E-state index in [4.69, 9.17) is 0 Å². The summed E-state index contributed by atoms with van der Waals surface area (Å²) in [6.45, 7) is 7.02. The van der Waals surface area contributed by atoms with E-state index in [1.807, 2.05) is 30.0 Å². The Morgan fingerprint density at radius 1 is 1.44 bits per heavy atom. The van der Waals surface area contributed by atoms with Gasteiger partial charge in [-0.3, -0.25) is 4.79 Å². The van der Waals surface area contributed by atoms with Crippen LogP contribution in [0.15, 0.2) is 22.7 Å². The van der Waals surface area contributed by atoms with Crippen LogP contribution in [0.1, 0.15) is 25.8 Å². The van der Waals surface area contributed by atoms with Gasteiger partial charge in [0.25, 0.3) is 0 Å². The van der Waals surface area contributed by atoms with Gasteiger partial charge in [-0.2, -0.15) is 0 Å². The fourth-order valence-corrected chi connectivity index (χ4v) is 2.75. The highest BCUT2D eigenvalue weighted by molar-refractivity contribution is 9.10. The van der Waals surface area contributed by atoms with Crippen molar-refractivity contribution < 1.29 is 4.79 Å². The van der Waals surface area contributed by atoms with Crippen molar-refractivity contribution in [2.24, 2.45) is 0 Å². The van der Waals surface area contributed by atoms with Crippen LogP contribution in [-0.4, -0.2) is 24.5 Å². The van der Waals surface area contributed by atoms with Crippen molar-refractivity contribution in [3.8, 4) is 0 Å². The standard InChI is InChI=1S/C14H19BrN2O/c1-9(2)16-12-7-14(18)17(8-12)13-6-11(15)5-4-10(13)3/h4-6,9,12,16H,7-8H2,1-3H3. The maximum absolute atomic E-state index is 12.1. The summed E-state index contributed by atoms with van der Waals surface area (Å²) in [5.74, 6) is 0.203. The Morgan fingerprint density at radius 2 is 2.17 bits per heavy atom. The molecule has 2 rings (SSSR count). The van der Waals surface area contributed by atoms with Crippen molar-refractivity contribution in [2.75, 3.05) is 11.4 Å². The molecule has 1 amide bonds. The molecule has 4 heteroatoms. The van der Waals surface area contributed by atoms with Crippen LogP contribution in [0.5, 0.6) is 0 Å². The highest BCUT2D eigenvalue weighted by Gasteiger charge is 2.31. The number of aryl methyl sites for hydroxylation is 1. The van der Waals surface area contributed by atoms with Gasteiger partial charge < -0.3 is 10.2 Å². The molecule has 1 saturated heterocycles. The molecule has 18 heavy (non-hydrogen) atoms. The first kappa shape index (κ1) is 13.6. The highest BCUT2D eigenvalue weighted by Crippen LogP contribution is 2.28. The molecule has 3 nitrogen and oxygen atoms in total. The molecular weight excluding hydrogens is 292 g/mol. The number of amides is 1. The lowest BCUT2D eigenvalue weighted by Crippen LogP contribution is -2.37. The Labute approximate surface area is 117 Å². The normalized spacial score (nSPS) is 19.9. The third kappa shape index (κ3) is 2.93. The molecular formula is C14H19BrN2O. The second-order valence-electron chi connectivity index (χ2n) is 5.16. The largest absolute Gasteiger partial charge is 0.310 e. The van der Waals surface area contributed by atoms with Crippen LogP contribution in [0.4, 0.5) is 5.69 Å². The van der Waals surface area contributed by atoms with Crippen LogP contribution in [-0.2, 0) is 4.79 Å². The summed E-state index contributed by atoms with van der Waals surface area (Å²) in [6.07, 6.45) is 0.587. The molecule has 1 heterocycles. The Bertz CT molecular complexity index is 459. The lowest BCUT2D eigenvalue weighted by atomic mass is 10.2. The van der Waals surface area contributed by atoms with E-state index < -0.39 is 0 Å². The Balaban J connectivity index is 2.19. The number of nitrogens with zero attached hydrogens (tertiary/aromatic N) is 1. The second-order valence-corrected chi connectivity index (χ2v) is 6.07. The van der Waals surface area contributed by atoms with Crippen LogP contribution in [0.3, 0.4) is 0 Å². The number of benzene rings is 1. The summed E-state index contributed by atoms with van der Waals surface area (Å²) in [5, 5.41) is 3.43. The third-order valence-electron chi connectivity index (χ3n) is 3.16. The molecule has 0 spiro atoms. The van der Waals surface area contributed by atoms with E-state index >= 15 is 0 Å². The molecule has 1 N–H and O–H groups in total. The predicted octanol–water partition coefficient (Wildman–Crippen LogP) is 2.86. The molecule has 1 fully saturated rings. The summed E-state index contributed by atoms with van der Waals surface area (Å²) in [4.78, 5) is 14.0. The number of hydrogen-bond donors (Lipinski definition) is 1. The van der Waals surface area contributed by atoms with Crippen molar-refractivity contribution >= 4 is 27.5 Å². The molecule has 1 aromatic carbocycles. The van der Waals surface area contributed by atoms with E-state index in [9.17, 15) is 4.79 Å². The monoisotopic (exact) mass is 310 g/mol. The number of halogens is 1.